The van der Waals surface area contributed by atoms with Gasteiger partial charge in [0.1, 0.15) is 34.0 Å². The summed E-state index contributed by atoms with van der Waals surface area (Å²) in [4.78, 5) is 56.1. The van der Waals surface area contributed by atoms with E-state index in [0.29, 0.717) is 16.4 Å². The van der Waals surface area contributed by atoms with Crippen LogP contribution in [0.2, 0.25) is 0 Å². The molecule has 2 aliphatic rings. The van der Waals surface area contributed by atoms with Gasteiger partial charge in [-0.05, 0) is 46.8 Å². The van der Waals surface area contributed by atoms with Crippen molar-refractivity contribution in [2.24, 2.45) is 5.16 Å². The van der Waals surface area contributed by atoms with Crippen LogP contribution in [0.5, 0.6) is 0 Å². The highest BCUT2D eigenvalue weighted by atomic mass is 32.2. The van der Waals surface area contributed by atoms with Gasteiger partial charge in [-0.25, -0.2) is 9.78 Å². The number of thiazole rings is 1. The zero-order valence-corrected chi connectivity index (χ0v) is 39.9. The van der Waals surface area contributed by atoms with Gasteiger partial charge in [-0.3, -0.25) is 14.5 Å². The maximum Gasteiger partial charge on any atom is 0.352 e. The van der Waals surface area contributed by atoms with Crippen molar-refractivity contribution in [3.05, 3.63) is 254 Å². The summed E-state index contributed by atoms with van der Waals surface area (Å²) in [6.45, 7) is 1.87. The Morgan fingerprint density at radius 2 is 1.21 bits per heavy atom. The molecule has 0 aliphatic carbocycles. The Kier molecular flexibility index (Phi) is 13.0. The lowest BCUT2D eigenvalue weighted by Gasteiger charge is -2.49. The molecule has 0 saturated carbocycles. The van der Waals surface area contributed by atoms with Crippen molar-refractivity contribution in [3.8, 4) is 0 Å². The number of rotatable bonds is 16. The van der Waals surface area contributed by atoms with E-state index in [0.717, 1.165) is 38.3 Å². The van der Waals surface area contributed by atoms with E-state index in [2.05, 4.69) is 56.6 Å². The average molecular weight is 978 g/mol. The molecule has 70 heavy (non-hydrogen) atoms. The zero-order chi connectivity index (χ0) is 48.1. The van der Waals surface area contributed by atoms with Crippen molar-refractivity contribution in [2.45, 2.75) is 29.5 Å². The average Bonchev–Trinajstić information content (AvgIpc) is 4.06. The monoisotopic (exact) mass is 977 g/mol. The minimum Gasteiger partial charge on any atom is -0.477 e. The van der Waals surface area contributed by atoms with Gasteiger partial charge in [-0.1, -0.05) is 198 Å². The Morgan fingerprint density at radius 1 is 0.729 bits per heavy atom. The largest absolute Gasteiger partial charge is 0.477 e. The highest BCUT2D eigenvalue weighted by Gasteiger charge is 2.54. The van der Waals surface area contributed by atoms with Gasteiger partial charge in [0.15, 0.2) is 10.8 Å². The predicted molar refractivity (Wildman–Crippen MR) is 275 cm³/mol. The van der Waals surface area contributed by atoms with Crippen LogP contribution < -0.4 is 10.6 Å². The first-order valence-electron chi connectivity index (χ1n) is 22.3. The van der Waals surface area contributed by atoms with E-state index in [4.69, 9.17) is 15.0 Å². The summed E-state index contributed by atoms with van der Waals surface area (Å²) in [6.07, 6.45) is 3.36. The van der Waals surface area contributed by atoms with Crippen molar-refractivity contribution in [1.82, 2.24) is 24.8 Å². The summed E-state index contributed by atoms with van der Waals surface area (Å²) in [5.74, 6) is -2.31. The standard InChI is InChI=1S/C55H43N7O5S3/c1-36-44(59-61-70-36)33-32-37-34-68-51-47(50(64)62(51)48(37)52(65)66)57-49(63)46(60-67-55(41-26-14-5-15-27-41,42-28-16-6-17-29-42)43-30-18-7-19-31-43)45-35-69-53(56-45)58-54(38-20-8-2-9-21-38,39-22-10-3-11-23-39)40-24-12-4-13-25-40/h2-33,35,47,51H,34H2,1H3,(H,56,58)(H,57,63)(H,65,66)/t47?,51-/m0/s1. The third-order valence-corrected chi connectivity index (χ3v) is 15.0. The number of benzene rings is 6. The molecule has 1 saturated heterocycles. The molecule has 346 valence electrons. The second-order valence-electron chi connectivity index (χ2n) is 16.4. The number of amides is 2. The first-order chi connectivity index (χ1) is 34.3. The van der Waals surface area contributed by atoms with E-state index >= 15 is 4.79 Å². The predicted octanol–water partition coefficient (Wildman–Crippen LogP) is 9.87. The van der Waals surface area contributed by atoms with Gasteiger partial charge >= 0.3 is 5.97 Å². The van der Waals surface area contributed by atoms with Crippen molar-refractivity contribution in [3.63, 3.8) is 0 Å². The van der Waals surface area contributed by atoms with E-state index in [1.54, 1.807) is 17.5 Å². The first kappa shape index (κ1) is 45.8. The molecule has 10 rings (SSSR count). The van der Waals surface area contributed by atoms with Gasteiger partial charge in [0.2, 0.25) is 5.60 Å². The molecule has 8 aromatic rings. The van der Waals surface area contributed by atoms with Crippen LogP contribution in [0.4, 0.5) is 5.13 Å². The van der Waals surface area contributed by atoms with E-state index in [-0.39, 0.29) is 22.9 Å². The fourth-order valence-corrected chi connectivity index (χ4v) is 11.5. The van der Waals surface area contributed by atoms with Crippen LogP contribution >= 0.6 is 34.6 Å². The highest BCUT2D eigenvalue weighted by Crippen LogP contribution is 2.44. The number of thioether (sulfide) groups is 1. The molecule has 6 aromatic carbocycles. The molecular weight excluding hydrogens is 935 g/mol. The second-order valence-corrected chi connectivity index (χ2v) is 19.3. The van der Waals surface area contributed by atoms with E-state index < -0.39 is 40.3 Å². The second kappa shape index (κ2) is 19.9. The van der Waals surface area contributed by atoms with Gasteiger partial charge in [0, 0.05) is 32.7 Å². The summed E-state index contributed by atoms with van der Waals surface area (Å²) in [5, 5.41) is 27.6. The molecule has 0 bridgehead atoms. The lowest BCUT2D eigenvalue weighted by molar-refractivity contribution is -0.150. The quantitative estimate of drug-likeness (QED) is 0.0368. The van der Waals surface area contributed by atoms with E-state index in [1.807, 2.05) is 153 Å². The van der Waals surface area contributed by atoms with Crippen molar-refractivity contribution in [2.75, 3.05) is 11.1 Å². The number of hydrogen-bond acceptors (Lipinski definition) is 12. The summed E-state index contributed by atoms with van der Waals surface area (Å²) in [5.41, 5.74) is 3.71. The van der Waals surface area contributed by atoms with E-state index in [9.17, 15) is 14.7 Å². The highest BCUT2D eigenvalue weighted by molar-refractivity contribution is 8.00. The van der Waals surface area contributed by atoms with Gasteiger partial charge < -0.3 is 20.6 Å². The number of aryl methyl sites for hydroxylation is 1. The summed E-state index contributed by atoms with van der Waals surface area (Å²) >= 11 is 3.88. The third-order valence-electron chi connectivity index (χ3n) is 12.3. The Bertz CT molecular complexity index is 3050. The number of β-lactam (4-membered cyclic amide) rings is 1. The minimum atomic E-state index is -1.37. The van der Waals surface area contributed by atoms with Crippen LogP contribution in [0, 0.1) is 6.92 Å². The van der Waals surface area contributed by atoms with Crippen LogP contribution in [0.1, 0.15) is 49.6 Å². The molecule has 4 heterocycles. The van der Waals surface area contributed by atoms with Crippen LogP contribution in [-0.4, -0.2) is 65.2 Å². The number of carbonyl (C=O) groups excluding carboxylic acids is 2. The van der Waals surface area contributed by atoms with Crippen molar-refractivity contribution < 1.29 is 24.3 Å². The topological polar surface area (TPSA) is 159 Å². The van der Waals surface area contributed by atoms with E-state index in [1.165, 1.54) is 39.5 Å². The molecular formula is C55H43N7O5S3. The number of fused-ring (bicyclic) bond motifs is 1. The van der Waals surface area contributed by atoms with Gasteiger partial charge in [0.05, 0.1) is 0 Å². The molecule has 15 heteroatoms. The minimum absolute atomic E-state index is 0.152. The molecule has 3 N–H and O–H groups in total. The number of anilines is 1. The molecule has 2 aliphatic heterocycles. The molecule has 1 fully saturated rings. The normalized spacial score (nSPS) is 16.1. The third kappa shape index (κ3) is 8.59. The Labute approximate surface area is 416 Å². The Balaban J connectivity index is 1.07. The number of aliphatic carboxylic acids is 1. The van der Waals surface area contributed by atoms with Crippen LogP contribution in [0.15, 0.2) is 210 Å². The molecule has 12 nitrogen and oxygen atoms in total. The molecule has 2 aromatic heterocycles. The number of allylic oxidation sites excluding steroid dienone is 1. The van der Waals surface area contributed by atoms with Crippen LogP contribution in [0.3, 0.4) is 0 Å². The molecule has 1 unspecified atom stereocenters. The SMILES string of the molecule is Cc1snnc1C=CC1=C(C(=O)O)N2C(=O)C(NC(=O)C(=NOC(c3ccccc3)(c3ccccc3)c3ccccc3)c3csc(NC(c4ccccc4)(c4ccccc4)c4ccccc4)n3)[C@@H]2SC1. The number of aromatic nitrogens is 3. The molecule has 0 spiro atoms. The number of hydrogen-bond donors (Lipinski definition) is 3. The number of carboxylic acids is 1. The maximum absolute atomic E-state index is 15.1. The number of nitrogens with one attached hydrogen (secondary N) is 2. The Morgan fingerprint density at radius 3 is 1.67 bits per heavy atom. The van der Waals surface area contributed by atoms with Crippen LogP contribution in [0.25, 0.3) is 6.08 Å². The lowest BCUT2D eigenvalue weighted by atomic mass is 9.77. The zero-order valence-electron chi connectivity index (χ0n) is 37.5. The molecule has 0 radical (unpaired) electrons. The summed E-state index contributed by atoms with van der Waals surface area (Å²) in [6, 6.07) is 58.2. The van der Waals surface area contributed by atoms with Gasteiger partial charge in [-0.2, -0.15) is 0 Å². The summed E-state index contributed by atoms with van der Waals surface area (Å²) < 4.78 is 3.96. The number of carbonyl (C=O) groups is 3. The number of carboxylic acid groups (broad SMARTS) is 1. The van der Waals surface area contributed by atoms with Crippen LogP contribution in [-0.2, 0) is 30.4 Å². The molecule has 2 atom stereocenters. The van der Waals surface area contributed by atoms with Crippen molar-refractivity contribution >= 4 is 69.3 Å². The lowest BCUT2D eigenvalue weighted by Crippen LogP contribution is -2.71. The smallest absolute Gasteiger partial charge is 0.352 e. The molecule has 2 amide bonds. The number of oxime groups is 1. The maximum atomic E-state index is 15.1. The van der Waals surface area contributed by atoms with Gasteiger partial charge in [0.25, 0.3) is 11.8 Å². The fraction of sp³-hybridized carbons (Fsp3) is 0.109. The fourth-order valence-electron chi connectivity index (χ4n) is 8.93. The van der Waals surface area contributed by atoms with Crippen molar-refractivity contribution in [1.29, 1.82) is 0 Å². The number of nitrogens with zero attached hydrogens (tertiary/aromatic N) is 5. The Hall–Kier alpha value is -7.98. The van der Waals surface area contributed by atoms with Gasteiger partial charge in [-0.15, -0.1) is 28.2 Å². The summed E-state index contributed by atoms with van der Waals surface area (Å²) in [7, 11) is 0. The first-order valence-corrected chi connectivity index (χ1v) is 25.0.